The Morgan fingerprint density at radius 2 is 2.19 bits per heavy atom. The van der Waals surface area contributed by atoms with Gasteiger partial charge in [-0.05, 0) is 24.5 Å². The zero-order valence-electron chi connectivity index (χ0n) is 20.4. The summed E-state index contributed by atoms with van der Waals surface area (Å²) < 4.78 is 10.4. The molecule has 192 valence electrons. The van der Waals surface area contributed by atoms with E-state index >= 15 is 0 Å². The summed E-state index contributed by atoms with van der Waals surface area (Å²) in [4.78, 5) is 49.5. The van der Waals surface area contributed by atoms with Crippen molar-refractivity contribution in [1.82, 2.24) is 14.9 Å². The quantitative estimate of drug-likeness (QED) is 0.536. The Morgan fingerprint density at radius 3 is 2.86 bits per heavy atom. The summed E-state index contributed by atoms with van der Waals surface area (Å²) in [7, 11) is 1.51. The number of hydrogen-bond donors (Lipinski definition) is 2. The van der Waals surface area contributed by atoms with Crippen molar-refractivity contribution < 1.29 is 23.9 Å². The summed E-state index contributed by atoms with van der Waals surface area (Å²) in [6.45, 7) is 2.32. The molecule has 5 heterocycles. The van der Waals surface area contributed by atoms with E-state index in [0.717, 1.165) is 5.56 Å². The SMILES string of the molecule is CO[C@H]1CCN(Cc2cc3c(nc2C=O)N(C(=O)Nc2cc(NC4COC4)c(C#N)cn2)CCC3)C1=O. The number of ether oxygens (including phenoxy) is 2. The largest absolute Gasteiger partial charge is 0.377 e. The highest BCUT2D eigenvalue weighted by Gasteiger charge is 2.33. The number of amides is 3. The van der Waals surface area contributed by atoms with Crippen molar-refractivity contribution in [2.75, 3.05) is 48.9 Å². The molecular weight excluding hydrogens is 478 g/mol. The third kappa shape index (κ3) is 4.96. The second-order valence-electron chi connectivity index (χ2n) is 9.20. The number of aryl methyl sites for hydroxylation is 1. The van der Waals surface area contributed by atoms with Crippen molar-refractivity contribution in [3.63, 3.8) is 0 Å². The molecule has 2 aromatic rings. The van der Waals surface area contributed by atoms with E-state index in [0.29, 0.717) is 74.5 Å². The summed E-state index contributed by atoms with van der Waals surface area (Å²) in [6.07, 6.45) is 3.61. The number of methoxy groups -OCH3 is 1. The van der Waals surface area contributed by atoms with Gasteiger partial charge in [0.25, 0.3) is 5.91 Å². The van der Waals surface area contributed by atoms with Crippen LogP contribution in [0, 0.1) is 11.3 Å². The Labute approximate surface area is 213 Å². The van der Waals surface area contributed by atoms with E-state index in [4.69, 9.17) is 9.47 Å². The number of pyridine rings is 2. The van der Waals surface area contributed by atoms with Crippen molar-refractivity contribution in [3.8, 4) is 6.07 Å². The molecule has 0 aliphatic carbocycles. The first-order valence-corrected chi connectivity index (χ1v) is 12.1. The van der Waals surface area contributed by atoms with Gasteiger partial charge in [0.15, 0.2) is 6.29 Å². The van der Waals surface area contributed by atoms with Gasteiger partial charge < -0.3 is 19.7 Å². The van der Waals surface area contributed by atoms with Crippen LogP contribution >= 0.6 is 0 Å². The van der Waals surface area contributed by atoms with Crippen LogP contribution in [0.4, 0.5) is 22.1 Å². The maximum Gasteiger partial charge on any atom is 0.328 e. The highest BCUT2D eigenvalue weighted by molar-refractivity contribution is 6.02. The van der Waals surface area contributed by atoms with Gasteiger partial charge in [-0.3, -0.25) is 19.8 Å². The summed E-state index contributed by atoms with van der Waals surface area (Å²) in [6, 6.07) is 5.24. The molecule has 3 amide bonds. The zero-order chi connectivity index (χ0) is 25.9. The Kier molecular flexibility index (Phi) is 6.98. The third-order valence-electron chi connectivity index (χ3n) is 6.78. The number of fused-ring (bicyclic) bond motifs is 1. The van der Waals surface area contributed by atoms with E-state index in [-0.39, 0.29) is 30.0 Å². The Morgan fingerprint density at radius 1 is 1.35 bits per heavy atom. The van der Waals surface area contributed by atoms with Gasteiger partial charge in [0.1, 0.15) is 29.5 Å². The number of nitrogens with zero attached hydrogens (tertiary/aromatic N) is 5. The molecular formula is C25H27N7O5. The van der Waals surface area contributed by atoms with Crippen LogP contribution in [-0.4, -0.2) is 78.7 Å². The van der Waals surface area contributed by atoms with E-state index in [1.807, 2.05) is 6.07 Å². The molecule has 12 heteroatoms. The molecule has 37 heavy (non-hydrogen) atoms. The number of anilines is 3. The highest BCUT2D eigenvalue weighted by Crippen LogP contribution is 2.29. The number of aldehydes is 1. The van der Waals surface area contributed by atoms with Crippen molar-refractivity contribution in [2.24, 2.45) is 0 Å². The lowest BCUT2D eigenvalue weighted by atomic mass is 10.0. The number of nitrogens with one attached hydrogen (secondary N) is 2. The number of carbonyl (C=O) groups is 3. The average molecular weight is 506 g/mol. The number of likely N-dealkylation sites (tertiary alicyclic amines) is 1. The van der Waals surface area contributed by atoms with Crippen molar-refractivity contribution in [3.05, 3.63) is 40.7 Å². The van der Waals surface area contributed by atoms with Crippen LogP contribution in [0.25, 0.3) is 0 Å². The molecule has 0 unspecified atom stereocenters. The van der Waals surface area contributed by atoms with Crippen molar-refractivity contribution in [2.45, 2.75) is 38.0 Å². The molecule has 5 rings (SSSR count). The molecule has 0 saturated carbocycles. The number of urea groups is 1. The molecule has 12 nitrogen and oxygen atoms in total. The molecule has 3 aliphatic rings. The number of aromatic nitrogens is 2. The average Bonchev–Trinajstić information content (AvgIpc) is 3.24. The van der Waals surface area contributed by atoms with Gasteiger partial charge in [0.2, 0.25) is 0 Å². The van der Waals surface area contributed by atoms with E-state index in [1.54, 1.807) is 11.0 Å². The Hall–Kier alpha value is -4.08. The highest BCUT2D eigenvalue weighted by atomic mass is 16.5. The molecule has 2 aromatic heterocycles. The van der Waals surface area contributed by atoms with Gasteiger partial charge in [0, 0.05) is 51.0 Å². The maximum atomic E-state index is 13.2. The fraction of sp³-hybridized carbons (Fsp3) is 0.440. The lowest BCUT2D eigenvalue weighted by molar-refractivity contribution is -0.136. The number of nitriles is 1. The van der Waals surface area contributed by atoms with Crippen LogP contribution in [0.3, 0.4) is 0 Å². The number of rotatable bonds is 7. The molecule has 2 fully saturated rings. The molecule has 0 aromatic carbocycles. The molecule has 3 aliphatic heterocycles. The first-order valence-electron chi connectivity index (χ1n) is 12.1. The predicted molar refractivity (Wildman–Crippen MR) is 132 cm³/mol. The second kappa shape index (κ2) is 10.5. The summed E-state index contributed by atoms with van der Waals surface area (Å²) in [5, 5.41) is 15.4. The molecule has 1 atom stereocenters. The predicted octanol–water partition coefficient (Wildman–Crippen LogP) is 1.70. The zero-order valence-corrected chi connectivity index (χ0v) is 20.4. The van der Waals surface area contributed by atoms with Crippen molar-refractivity contribution in [1.29, 1.82) is 5.26 Å². The first kappa shape index (κ1) is 24.6. The molecule has 2 saturated heterocycles. The van der Waals surface area contributed by atoms with Crippen LogP contribution < -0.4 is 15.5 Å². The van der Waals surface area contributed by atoms with Gasteiger partial charge in [-0.25, -0.2) is 14.8 Å². The molecule has 0 bridgehead atoms. The number of carbonyl (C=O) groups excluding carboxylic acids is 3. The summed E-state index contributed by atoms with van der Waals surface area (Å²) in [5.41, 5.74) is 2.60. The normalized spacial score (nSPS) is 19.1. The minimum atomic E-state index is -0.460. The first-order chi connectivity index (χ1) is 18.0. The van der Waals surface area contributed by atoms with Gasteiger partial charge in [-0.2, -0.15) is 5.26 Å². The maximum absolute atomic E-state index is 13.2. The second-order valence-corrected chi connectivity index (χ2v) is 9.20. The van der Waals surface area contributed by atoms with Gasteiger partial charge in [-0.15, -0.1) is 0 Å². The van der Waals surface area contributed by atoms with Crippen LogP contribution in [0.2, 0.25) is 0 Å². The van der Waals surface area contributed by atoms with E-state index < -0.39 is 12.1 Å². The van der Waals surface area contributed by atoms with Crippen LogP contribution in [0.15, 0.2) is 18.3 Å². The van der Waals surface area contributed by atoms with Crippen LogP contribution in [-0.2, 0) is 27.2 Å². The minimum absolute atomic E-state index is 0.100. The summed E-state index contributed by atoms with van der Waals surface area (Å²) in [5.74, 6) is 0.591. The number of hydrogen-bond acceptors (Lipinski definition) is 9. The standard InChI is InChI=1S/C25H27N7O5/c1-36-21-4-6-31(24(21)34)11-16-7-15-3-2-5-32(23(15)29-20(16)12-33)25(35)30-22-8-19(17(9-26)10-27-22)28-18-13-37-14-18/h7-8,10,12,18,21H,2-6,11,13-14H2,1H3,(H2,27,28,30,35)/t21-/m0/s1. The van der Waals surface area contributed by atoms with E-state index in [1.165, 1.54) is 18.2 Å². The van der Waals surface area contributed by atoms with E-state index in [9.17, 15) is 19.6 Å². The lowest BCUT2D eigenvalue weighted by Crippen LogP contribution is -2.41. The molecule has 2 N–H and O–H groups in total. The van der Waals surface area contributed by atoms with Gasteiger partial charge in [0.05, 0.1) is 30.5 Å². The Bertz CT molecular complexity index is 1270. The lowest BCUT2D eigenvalue weighted by Gasteiger charge is -2.30. The fourth-order valence-electron chi connectivity index (χ4n) is 4.72. The Balaban J connectivity index is 1.35. The van der Waals surface area contributed by atoms with E-state index in [2.05, 4.69) is 26.7 Å². The summed E-state index contributed by atoms with van der Waals surface area (Å²) >= 11 is 0. The molecule has 0 spiro atoms. The van der Waals surface area contributed by atoms with Gasteiger partial charge >= 0.3 is 6.03 Å². The van der Waals surface area contributed by atoms with Gasteiger partial charge in [-0.1, -0.05) is 0 Å². The molecule has 0 radical (unpaired) electrons. The van der Waals surface area contributed by atoms with Crippen LogP contribution in [0.1, 0.15) is 40.0 Å². The fourth-order valence-corrected chi connectivity index (χ4v) is 4.72. The minimum Gasteiger partial charge on any atom is -0.377 e. The monoisotopic (exact) mass is 505 g/mol. The van der Waals surface area contributed by atoms with Crippen LogP contribution in [0.5, 0.6) is 0 Å². The smallest absolute Gasteiger partial charge is 0.328 e. The van der Waals surface area contributed by atoms with Crippen molar-refractivity contribution >= 4 is 35.5 Å². The third-order valence-corrected chi connectivity index (χ3v) is 6.78. The topological polar surface area (TPSA) is 150 Å².